The second-order valence-corrected chi connectivity index (χ2v) is 8.23. The van der Waals surface area contributed by atoms with E-state index in [0.29, 0.717) is 23.2 Å². The molecule has 0 N–H and O–H groups in total. The molecule has 0 aromatic carbocycles. The molecule has 1 unspecified atom stereocenters. The number of likely N-dealkylation sites (tertiary alicyclic amines) is 2. The molecule has 0 spiro atoms. The Morgan fingerprint density at radius 1 is 1.19 bits per heavy atom. The van der Waals surface area contributed by atoms with E-state index < -0.39 is 0 Å². The summed E-state index contributed by atoms with van der Waals surface area (Å²) in [4.78, 5) is 23.6. The smallest absolute Gasteiger partial charge is 0.258 e. The Morgan fingerprint density at radius 3 is 2.70 bits per heavy atom. The first kappa shape index (κ1) is 18.4. The van der Waals surface area contributed by atoms with Gasteiger partial charge in [0.1, 0.15) is 5.56 Å². The number of piperidine rings is 2. The average molecular weight is 371 g/mol. The fourth-order valence-corrected chi connectivity index (χ4v) is 4.55. The molecule has 2 aliphatic rings. The Labute approximate surface area is 160 Å². The fourth-order valence-electron chi connectivity index (χ4n) is 4.55. The van der Waals surface area contributed by atoms with Crippen LogP contribution in [0.25, 0.3) is 5.65 Å². The Balaban J connectivity index is 1.57. The molecule has 2 fully saturated rings. The minimum absolute atomic E-state index is 0.0498. The van der Waals surface area contributed by atoms with Gasteiger partial charge in [-0.3, -0.25) is 9.69 Å². The first-order valence-corrected chi connectivity index (χ1v) is 10.0. The van der Waals surface area contributed by atoms with Crippen LogP contribution in [0.5, 0.6) is 0 Å². The van der Waals surface area contributed by atoms with Crippen LogP contribution < -0.4 is 0 Å². The number of carbonyl (C=O) groups is 1. The van der Waals surface area contributed by atoms with Gasteiger partial charge < -0.3 is 9.80 Å². The maximum absolute atomic E-state index is 12.4. The molecule has 1 amide bonds. The summed E-state index contributed by atoms with van der Waals surface area (Å²) < 4.78 is 1.89. The molecule has 7 nitrogen and oxygen atoms in total. The van der Waals surface area contributed by atoms with Crippen molar-refractivity contribution in [3.8, 4) is 0 Å². The largest absolute Gasteiger partial charge is 0.345 e. The first-order valence-electron chi connectivity index (χ1n) is 10.0. The van der Waals surface area contributed by atoms with Crippen LogP contribution >= 0.6 is 0 Å². The summed E-state index contributed by atoms with van der Waals surface area (Å²) in [5.41, 5.74) is 2.42. The van der Waals surface area contributed by atoms with Gasteiger partial charge in [0.25, 0.3) is 5.91 Å². The van der Waals surface area contributed by atoms with Crippen LogP contribution in [-0.4, -0.2) is 88.6 Å². The summed E-state index contributed by atoms with van der Waals surface area (Å²) in [5, 5.41) is 4.53. The van der Waals surface area contributed by atoms with Crippen LogP contribution in [0.4, 0.5) is 0 Å². The Kier molecular flexibility index (Phi) is 5.14. The monoisotopic (exact) mass is 370 g/mol. The molecule has 2 aromatic rings. The zero-order valence-corrected chi connectivity index (χ0v) is 16.6. The second kappa shape index (κ2) is 7.56. The van der Waals surface area contributed by atoms with Gasteiger partial charge in [-0.05, 0) is 58.4 Å². The molecule has 7 heteroatoms. The third-order valence-corrected chi connectivity index (χ3v) is 6.14. The molecule has 2 saturated heterocycles. The highest BCUT2D eigenvalue weighted by atomic mass is 16.2. The SMILES string of the molecule is CN1CCC(N2CCCC(c3ccnc4c(C(=O)N(C)C)cnn34)C2)CC1. The average Bonchev–Trinajstić information content (AvgIpc) is 3.12. The van der Waals surface area contributed by atoms with E-state index in [-0.39, 0.29) is 5.91 Å². The number of carbonyl (C=O) groups excluding carboxylic acids is 1. The quantitative estimate of drug-likeness (QED) is 0.823. The van der Waals surface area contributed by atoms with Crippen LogP contribution in [-0.2, 0) is 0 Å². The van der Waals surface area contributed by atoms with Gasteiger partial charge in [-0.2, -0.15) is 5.10 Å². The van der Waals surface area contributed by atoms with Gasteiger partial charge in [-0.1, -0.05) is 0 Å². The molecule has 1 atom stereocenters. The molecular formula is C20H30N6O. The van der Waals surface area contributed by atoms with Crippen molar-refractivity contribution in [3.63, 3.8) is 0 Å². The Morgan fingerprint density at radius 2 is 1.96 bits per heavy atom. The Bertz CT molecular complexity index is 808. The third kappa shape index (κ3) is 3.58. The highest BCUT2D eigenvalue weighted by Gasteiger charge is 2.30. The number of nitrogens with zero attached hydrogens (tertiary/aromatic N) is 6. The molecule has 0 aliphatic carbocycles. The first-order chi connectivity index (χ1) is 13.0. The summed E-state index contributed by atoms with van der Waals surface area (Å²) in [7, 11) is 5.74. The number of amides is 1. The highest BCUT2D eigenvalue weighted by molar-refractivity contribution is 5.99. The maximum Gasteiger partial charge on any atom is 0.258 e. The van der Waals surface area contributed by atoms with Gasteiger partial charge >= 0.3 is 0 Å². The lowest BCUT2D eigenvalue weighted by atomic mass is 9.91. The number of rotatable bonds is 3. The van der Waals surface area contributed by atoms with E-state index in [1.807, 2.05) is 10.7 Å². The summed E-state index contributed by atoms with van der Waals surface area (Å²) in [5.74, 6) is 0.386. The zero-order valence-electron chi connectivity index (χ0n) is 16.6. The lowest BCUT2D eigenvalue weighted by molar-refractivity contribution is 0.0829. The van der Waals surface area contributed by atoms with E-state index in [4.69, 9.17) is 0 Å². The molecule has 0 radical (unpaired) electrons. The van der Waals surface area contributed by atoms with Crippen molar-refractivity contribution in [2.24, 2.45) is 0 Å². The lowest BCUT2D eigenvalue weighted by Gasteiger charge is -2.41. The molecule has 2 aliphatic heterocycles. The van der Waals surface area contributed by atoms with Crippen LogP contribution in [0.15, 0.2) is 18.5 Å². The van der Waals surface area contributed by atoms with E-state index in [0.717, 1.165) is 6.54 Å². The zero-order chi connectivity index (χ0) is 19.0. The van der Waals surface area contributed by atoms with Gasteiger partial charge in [0.15, 0.2) is 5.65 Å². The topological polar surface area (TPSA) is 57.0 Å². The predicted octanol–water partition coefficient (Wildman–Crippen LogP) is 1.70. The van der Waals surface area contributed by atoms with Crippen molar-refractivity contribution in [2.45, 2.75) is 37.6 Å². The molecule has 4 rings (SSSR count). The van der Waals surface area contributed by atoms with Gasteiger partial charge in [0, 0.05) is 38.8 Å². The van der Waals surface area contributed by atoms with E-state index in [9.17, 15) is 4.79 Å². The van der Waals surface area contributed by atoms with Crippen molar-refractivity contribution in [1.82, 2.24) is 29.3 Å². The van der Waals surface area contributed by atoms with Crippen molar-refractivity contribution < 1.29 is 4.79 Å². The Hall–Kier alpha value is -1.99. The maximum atomic E-state index is 12.4. The molecule has 4 heterocycles. The van der Waals surface area contributed by atoms with Gasteiger partial charge in [0.05, 0.1) is 11.9 Å². The van der Waals surface area contributed by atoms with Crippen LogP contribution in [0, 0.1) is 0 Å². The lowest BCUT2D eigenvalue weighted by Crippen LogP contribution is -2.47. The third-order valence-electron chi connectivity index (χ3n) is 6.14. The van der Waals surface area contributed by atoms with Crippen LogP contribution in [0.1, 0.15) is 47.7 Å². The molecule has 0 bridgehead atoms. The van der Waals surface area contributed by atoms with Gasteiger partial charge in [0.2, 0.25) is 0 Å². The molecule has 0 saturated carbocycles. The normalized spacial score (nSPS) is 23.0. The van der Waals surface area contributed by atoms with Gasteiger partial charge in [-0.25, -0.2) is 9.50 Å². The molecule has 27 heavy (non-hydrogen) atoms. The summed E-state index contributed by atoms with van der Waals surface area (Å²) in [6.45, 7) is 4.66. The number of hydrogen-bond acceptors (Lipinski definition) is 5. The summed E-state index contributed by atoms with van der Waals surface area (Å²) in [6.07, 6.45) is 8.39. The van der Waals surface area contributed by atoms with Crippen LogP contribution in [0.3, 0.4) is 0 Å². The number of fused-ring (bicyclic) bond motifs is 1. The summed E-state index contributed by atoms with van der Waals surface area (Å²) in [6, 6.07) is 2.78. The highest BCUT2D eigenvalue weighted by Crippen LogP contribution is 2.30. The minimum Gasteiger partial charge on any atom is -0.345 e. The van der Waals surface area contributed by atoms with E-state index >= 15 is 0 Å². The second-order valence-electron chi connectivity index (χ2n) is 8.23. The molecular weight excluding hydrogens is 340 g/mol. The van der Waals surface area contributed by atoms with E-state index in [1.165, 1.54) is 51.0 Å². The minimum atomic E-state index is -0.0498. The standard InChI is InChI=1S/C20H30N6O/c1-23(2)20(27)17-13-22-26-18(6-9-21-19(17)26)15-5-4-10-25(14-15)16-7-11-24(3)12-8-16/h6,9,13,15-16H,4-5,7-8,10-12,14H2,1-3H3. The molecule has 2 aromatic heterocycles. The number of aromatic nitrogens is 3. The van der Waals surface area contributed by atoms with Crippen molar-refractivity contribution in [1.29, 1.82) is 0 Å². The van der Waals surface area contributed by atoms with Crippen molar-refractivity contribution in [2.75, 3.05) is 47.3 Å². The fraction of sp³-hybridized carbons (Fsp3) is 0.650. The van der Waals surface area contributed by atoms with Crippen LogP contribution in [0.2, 0.25) is 0 Å². The van der Waals surface area contributed by atoms with Gasteiger partial charge in [-0.15, -0.1) is 0 Å². The predicted molar refractivity (Wildman–Crippen MR) is 105 cm³/mol. The van der Waals surface area contributed by atoms with E-state index in [2.05, 4.69) is 33.0 Å². The van der Waals surface area contributed by atoms with Crippen molar-refractivity contribution in [3.05, 3.63) is 29.7 Å². The van der Waals surface area contributed by atoms with Crippen molar-refractivity contribution >= 4 is 11.6 Å². The summed E-state index contributed by atoms with van der Waals surface area (Å²) >= 11 is 0. The number of hydrogen-bond donors (Lipinski definition) is 0. The molecule has 146 valence electrons. The van der Waals surface area contributed by atoms with E-state index in [1.54, 1.807) is 25.2 Å².